The first-order valence-electron chi connectivity index (χ1n) is 8.72. The van der Waals surface area contributed by atoms with E-state index in [0.29, 0.717) is 11.5 Å². The number of amides is 1. The number of nitrogens with zero attached hydrogens (tertiary/aromatic N) is 2. The summed E-state index contributed by atoms with van der Waals surface area (Å²) in [6.07, 6.45) is 3.09. The van der Waals surface area contributed by atoms with E-state index in [0.717, 1.165) is 43.0 Å². The third kappa shape index (κ3) is 4.41. The standard InChI is InChI=1S/C19H26N4O.ClH/c1-4-17-13(2)22-23(3)18(17)21-19(24)16-7-5-6-14(11-16)10-15-8-9-20-12-15;/h5-7,11,15,20H,4,8-10,12H2,1-3H3,(H,21,24);1H. The topological polar surface area (TPSA) is 59.0 Å². The number of halogens is 1. The second-order valence-corrected chi connectivity index (χ2v) is 6.61. The number of anilines is 1. The molecule has 1 unspecified atom stereocenters. The lowest BCUT2D eigenvalue weighted by atomic mass is 9.97. The Bertz CT molecular complexity index is 735. The molecule has 5 nitrogen and oxygen atoms in total. The molecule has 3 rings (SSSR count). The fraction of sp³-hybridized carbons (Fsp3) is 0.474. The van der Waals surface area contributed by atoms with E-state index in [2.05, 4.69) is 28.7 Å². The van der Waals surface area contributed by atoms with Crippen LogP contribution in [0.4, 0.5) is 5.82 Å². The van der Waals surface area contributed by atoms with Gasteiger partial charge in [0.05, 0.1) is 5.69 Å². The number of aryl methyl sites for hydroxylation is 2. The quantitative estimate of drug-likeness (QED) is 0.859. The van der Waals surface area contributed by atoms with E-state index in [1.807, 2.05) is 32.2 Å². The van der Waals surface area contributed by atoms with Gasteiger partial charge in [0.1, 0.15) is 5.82 Å². The van der Waals surface area contributed by atoms with Gasteiger partial charge in [-0.1, -0.05) is 19.1 Å². The van der Waals surface area contributed by atoms with E-state index < -0.39 is 0 Å². The van der Waals surface area contributed by atoms with Crippen LogP contribution in [0, 0.1) is 12.8 Å². The van der Waals surface area contributed by atoms with Crippen LogP contribution < -0.4 is 10.6 Å². The molecule has 0 spiro atoms. The second-order valence-electron chi connectivity index (χ2n) is 6.61. The molecular formula is C19H27ClN4O. The summed E-state index contributed by atoms with van der Waals surface area (Å²) in [5.41, 5.74) is 4.00. The maximum absolute atomic E-state index is 12.7. The largest absolute Gasteiger partial charge is 0.316 e. The highest BCUT2D eigenvalue weighted by Gasteiger charge is 2.17. The Morgan fingerprint density at radius 2 is 2.24 bits per heavy atom. The first-order chi connectivity index (χ1) is 11.6. The minimum absolute atomic E-state index is 0. The molecule has 2 heterocycles. The van der Waals surface area contributed by atoms with Crippen molar-refractivity contribution in [2.75, 3.05) is 18.4 Å². The van der Waals surface area contributed by atoms with Crippen LogP contribution in [0.5, 0.6) is 0 Å². The van der Waals surface area contributed by atoms with Crippen LogP contribution in [0.2, 0.25) is 0 Å². The molecule has 1 amide bonds. The molecule has 2 aromatic rings. The zero-order valence-corrected chi connectivity index (χ0v) is 15.9. The lowest BCUT2D eigenvalue weighted by molar-refractivity contribution is 0.102. The van der Waals surface area contributed by atoms with Crippen molar-refractivity contribution >= 4 is 24.1 Å². The minimum atomic E-state index is -0.0703. The Morgan fingerprint density at radius 3 is 2.92 bits per heavy atom. The van der Waals surface area contributed by atoms with Gasteiger partial charge in [-0.05, 0) is 62.9 Å². The van der Waals surface area contributed by atoms with Gasteiger partial charge in [-0.2, -0.15) is 5.10 Å². The maximum Gasteiger partial charge on any atom is 0.256 e. The third-order valence-corrected chi connectivity index (χ3v) is 4.81. The molecule has 2 N–H and O–H groups in total. The van der Waals surface area contributed by atoms with Crippen LogP contribution in [0.1, 0.15) is 40.5 Å². The summed E-state index contributed by atoms with van der Waals surface area (Å²) in [6.45, 7) is 6.23. The highest BCUT2D eigenvalue weighted by atomic mass is 35.5. The Balaban J connectivity index is 0.00000225. The number of benzene rings is 1. The summed E-state index contributed by atoms with van der Waals surface area (Å²) in [5.74, 6) is 1.40. The summed E-state index contributed by atoms with van der Waals surface area (Å²) in [4.78, 5) is 12.7. The molecule has 1 aromatic carbocycles. The van der Waals surface area contributed by atoms with E-state index in [1.165, 1.54) is 12.0 Å². The molecule has 136 valence electrons. The van der Waals surface area contributed by atoms with E-state index in [4.69, 9.17) is 0 Å². The van der Waals surface area contributed by atoms with Crippen LogP contribution in [0.15, 0.2) is 24.3 Å². The predicted molar refractivity (Wildman–Crippen MR) is 104 cm³/mol. The summed E-state index contributed by atoms with van der Waals surface area (Å²) < 4.78 is 1.75. The number of aromatic nitrogens is 2. The molecule has 25 heavy (non-hydrogen) atoms. The first-order valence-corrected chi connectivity index (χ1v) is 8.72. The molecule has 0 radical (unpaired) electrons. The Kier molecular flexibility index (Phi) is 6.62. The average Bonchev–Trinajstić information content (AvgIpc) is 3.16. The van der Waals surface area contributed by atoms with Gasteiger partial charge in [0.2, 0.25) is 0 Å². The van der Waals surface area contributed by atoms with Crippen molar-refractivity contribution < 1.29 is 4.79 Å². The smallest absolute Gasteiger partial charge is 0.256 e. The molecule has 1 fully saturated rings. The summed E-state index contributed by atoms with van der Waals surface area (Å²) in [6, 6.07) is 7.98. The van der Waals surface area contributed by atoms with Gasteiger partial charge < -0.3 is 10.6 Å². The zero-order valence-electron chi connectivity index (χ0n) is 15.1. The zero-order chi connectivity index (χ0) is 17.1. The molecule has 0 saturated carbocycles. The fourth-order valence-corrected chi connectivity index (χ4v) is 3.52. The van der Waals surface area contributed by atoms with E-state index in [9.17, 15) is 4.79 Å². The number of carbonyl (C=O) groups is 1. The van der Waals surface area contributed by atoms with E-state index in [1.54, 1.807) is 4.68 Å². The summed E-state index contributed by atoms with van der Waals surface area (Å²) in [7, 11) is 1.87. The van der Waals surface area contributed by atoms with Crippen molar-refractivity contribution in [3.8, 4) is 0 Å². The van der Waals surface area contributed by atoms with Gasteiger partial charge in [0.25, 0.3) is 5.91 Å². The van der Waals surface area contributed by atoms with Crippen molar-refractivity contribution in [3.05, 3.63) is 46.6 Å². The van der Waals surface area contributed by atoms with E-state index >= 15 is 0 Å². The Morgan fingerprint density at radius 1 is 1.44 bits per heavy atom. The number of hydrogen-bond donors (Lipinski definition) is 2. The van der Waals surface area contributed by atoms with Crippen molar-refractivity contribution in [1.82, 2.24) is 15.1 Å². The molecule has 1 aliphatic heterocycles. The fourth-order valence-electron chi connectivity index (χ4n) is 3.52. The minimum Gasteiger partial charge on any atom is -0.316 e. The van der Waals surface area contributed by atoms with Gasteiger partial charge in [-0.25, -0.2) is 0 Å². The molecular weight excluding hydrogens is 336 g/mol. The van der Waals surface area contributed by atoms with E-state index in [-0.39, 0.29) is 18.3 Å². The van der Waals surface area contributed by atoms with Crippen LogP contribution in [0.25, 0.3) is 0 Å². The molecule has 1 atom stereocenters. The van der Waals surface area contributed by atoms with Crippen LogP contribution >= 0.6 is 12.4 Å². The van der Waals surface area contributed by atoms with Crippen LogP contribution in [-0.2, 0) is 19.9 Å². The summed E-state index contributed by atoms with van der Waals surface area (Å²) >= 11 is 0. The predicted octanol–water partition coefficient (Wildman–Crippen LogP) is 3.12. The normalized spacial score (nSPS) is 16.5. The first kappa shape index (κ1) is 19.5. The van der Waals surface area contributed by atoms with Gasteiger partial charge in [0, 0.05) is 18.2 Å². The van der Waals surface area contributed by atoms with Gasteiger partial charge in [-0.3, -0.25) is 9.48 Å². The molecule has 1 aliphatic rings. The monoisotopic (exact) mass is 362 g/mol. The number of rotatable bonds is 5. The van der Waals surface area contributed by atoms with Gasteiger partial charge in [0.15, 0.2) is 0 Å². The Labute approximate surface area is 155 Å². The maximum atomic E-state index is 12.7. The lowest BCUT2D eigenvalue weighted by Gasteiger charge is -2.11. The van der Waals surface area contributed by atoms with Crippen molar-refractivity contribution in [2.45, 2.75) is 33.1 Å². The molecule has 1 aromatic heterocycles. The molecule has 0 aliphatic carbocycles. The van der Waals surface area contributed by atoms with Crippen molar-refractivity contribution in [3.63, 3.8) is 0 Å². The third-order valence-electron chi connectivity index (χ3n) is 4.81. The van der Waals surface area contributed by atoms with Crippen molar-refractivity contribution in [1.29, 1.82) is 0 Å². The second kappa shape index (κ2) is 8.50. The number of hydrogen-bond acceptors (Lipinski definition) is 3. The van der Waals surface area contributed by atoms with Crippen LogP contribution in [0.3, 0.4) is 0 Å². The highest BCUT2D eigenvalue weighted by Crippen LogP contribution is 2.21. The Hall–Kier alpha value is -1.85. The number of nitrogens with one attached hydrogen (secondary N) is 2. The number of carbonyl (C=O) groups excluding carboxylic acids is 1. The molecule has 1 saturated heterocycles. The highest BCUT2D eigenvalue weighted by molar-refractivity contribution is 6.04. The lowest BCUT2D eigenvalue weighted by Crippen LogP contribution is -2.16. The van der Waals surface area contributed by atoms with Crippen molar-refractivity contribution in [2.24, 2.45) is 13.0 Å². The van der Waals surface area contributed by atoms with Gasteiger partial charge >= 0.3 is 0 Å². The van der Waals surface area contributed by atoms with Crippen LogP contribution in [-0.4, -0.2) is 28.8 Å². The van der Waals surface area contributed by atoms with Gasteiger partial charge in [-0.15, -0.1) is 12.4 Å². The molecule has 0 bridgehead atoms. The average molecular weight is 363 g/mol. The SMILES string of the molecule is CCc1c(C)nn(C)c1NC(=O)c1cccc(CC2CCNC2)c1.Cl. The summed E-state index contributed by atoms with van der Waals surface area (Å²) in [5, 5.41) is 10.8. The molecule has 6 heteroatoms.